The molecule has 130 valence electrons. The first-order valence-corrected chi connectivity index (χ1v) is 8.55. The summed E-state index contributed by atoms with van der Waals surface area (Å²) in [6, 6.07) is 1.85. The van der Waals surface area contributed by atoms with E-state index in [4.69, 9.17) is 5.11 Å². The van der Waals surface area contributed by atoms with Gasteiger partial charge in [0.1, 0.15) is 5.01 Å². The van der Waals surface area contributed by atoms with Crippen LogP contribution in [0.15, 0.2) is 17.6 Å². The van der Waals surface area contributed by atoms with Gasteiger partial charge >= 0.3 is 5.97 Å². The highest BCUT2D eigenvalue weighted by Crippen LogP contribution is 2.21. The van der Waals surface area contributed by atoms with Crippen LogP contribution < -0.4 is 5.32 Å². The fourth-order valence-electron chi connectivity index (χ4n) is 2.45. The first kappa shape index (κ1) is 17.0. The van der Waals surface area contributed by atoms with Gasteiger partial charge in [-0.2, -0.15) is 5.10 Å². The molecule has 3 rings (SSSR count). The van der Waals surface area contributed by atoms with E-state index in [0.29, 0.717) is 21.6 Å². The molecule has 0 spiro atoms. The number of hydrogen-bond acceptors (Lipinski definition) is 6. The molecule has 2 N–H and O–H groups in total. The number of nitrogens with zero attached hydrogens (tertiary/aromatic N) is 4. The Labute approximate surface area is 147 Å². The number of carbonyl (C=O) groups excluding carboxylic acids is 1. The van der Waals surface area contributed by atoms with Gasteiger partial charge in [0.25, 0.3) is 5.91 Å². The molecule has 25 heavy (non-hydrogen) atoms. The number of carbonyl (C=O) groups is 2. The zero-order valence-electron chi connectivity index (χ0n) is 14.0. The van der Waals surface area contributed by atoms with Crippen LogP contribution in [0.2, 0.25) is 0 Å². The van der Waals surface area contributed by atoms with Crippen molar-refractivity contribution < 1.29 is 14.7 Å². The molecular weight excluding hydrogens is 342 g/mol. The zero-order valence-corrected chi connectivity index (χ0v) is 14.8. The standard InChI is InChI=1S/C16H17N5O3S/c1-8(2)21-14-11(5-18-21)10(4-9(3)19-14)15(22)17-6-13-20-12(7-25-13)16(23)24/h4-5,7-8H,6H2,1-3H3,(H,17,22)(H,23,24). The van der Waals surface area contributed by atoms with E-state index in [-0.39, 0.29) is 24.2 Å². The van der Waals surface area contributed by atoms with E-state index < -0.39 is 5.97 Å². The van der Waals surface area contributed by atoms with E-state index in [9.17, 15) is 9.59 Å². The molecular formula is C16H17N5O3S. The maximum Gasteiger partial charge on any atom is 0.355 e. The van der Waals surface area contributed by atoms with Crippen LogP contribution in [0.25, 0.3) is 11.0 Å². The van der Waals surface area contributed by atoms with Gasteiger partial charge in [0.2, 0.25) is 0 Å². The number of aromatic carboxylic acids is 1. The molecule has 0 fully saturated rings. The lowest BCUT2D eigenvalue weighted by Crippen LogP contribution is -2.23. The monoisotopic (exact) mass is 359 g/mol. The Balaban J connectivity index is 1.85. The minimum Gasteiger partial charge on any atom is -0.476 e. The number of pyridine rings is 1. The second-order valence-electron chi connectivity index (χ2n) is 5.85. The number of rotatable bonds is 5. The summed E-state index contributed by atoms with van der Waals surface area (Å²) in [6.07, 6.45) is 1.64. The lowest BCUT2D eigenvalue weighted by Gasteiger charge is -2.09. The summed E-state index contributed by atoms with van der Waals surface area (Å²) in [5.74, 6) is -1.35. The van der Waals surface area contributed by atoms with Crippen molar-refractivity contribution in [3.63, 3.8) is 0 Å². The second-order valence-corrected chi connectivity index (χ2v) is 6.79. The Kier molecular flexibility index (Phi) is 4.49. The number of nitrogens with one attached hydrogen (secondary N) is 1. The van der Waals surface area contributed by atoms with Gasteiger partial charge in [-0.25, -0.2) is 19.4 Å². The number of aromatic nitrogens is 4. The minimum atomic E-state index is -1.08. The molecule has 0 bridgehead atoms. The SMILES string of the molecule is Cc1cc(C(=O)NCc2nc(C(=O)O)cs2)c2cnn(C(C)C)c2n1. The highest BCUT2D eigenvalue weighted by atomic mass is 32.1. The molecule has 3 aromatic rings. The number of amides is 1. The normalized spacial score (nSPS) is 11.2. The molecule has 0 aromatic carbocycles. The minimum absolute atomic E-state index is 0.0189. The Morgan fingerprint density at radius 2 is 2.12 bits per heavy atom. The van der Waals surface area contributed by atoms with E-state index in [1.807, 2.05) is 20.8 Å². The van der Waals surface area contributed by atoms with Crippen molar-refractivity contribution in [3.8, 4) is 0 Å². The van der Waals surface area contributed by atoms with Gasteiger partial charge in [-0.1, -0.05) is 0 Å². The summed E-state index contributed by atoms with van der Waals surface area (Å²) in [6.45, 7) is 5.99. The zero-order chi connectivity index (χ0) is 18.1. The molecule has 0 saturated heterocycles. The summed E-state index contributed by atoms with van der Waals surface area (Å²) in [5.41, 5.74) is 1.86. The van der Waals surface area contributed by atoms with Crippen molar-refractivity contribution in [2.24, 2.45) is 0 Å². The summed E-state index contributed by atoms with van der Waals surface area (Å²) in [4.78, 5) is 31.9. The predicted octanol–water partition coefficient (Wildman–Crippen LogP) is 2.41. The molecule has 0 aliphatic rings. The van der Waals surface area contributed by atoms with Gasteiger partial charge in [-0.05, 0) is 26.8 Å². The summed E-state index contributed by atoms with van der Waals surface area (Å²) in [5, 5.41) is 18.7. The topological polar surface area (TPSA) is 110 Å². The van der Waals surface area contributed by atoms with Crippen LogP contribution in [0, 0.1) is 6.92 Å². The van der Waals surface area contributed by atoms with Crippen LogP contribution in [0.5, 0.6) is 0 Å². The van der Waals surface area contributed by atoms with Gasteiger partial charge < -0.3 is 10.4 Å². The molecule has 9 heteroatoms. The van der Waals surface area contributed by atoms with Crippen molar-refractivity contribution in [2.45, 2.75) is 33.4 Å². The summed E-state index contributed by atoms with van der Waals surface area (Å²) >= 11 is 1.19. The molecule has 0 saturated carbocycles. The van der Waals surface area contributed by atoms with Gasteiger partial charge in [-0.3, -0.25) is 4.79 Å². The molecule has 0 radical (unpaired) electrons. The number of hydrogen-bond donors (Lipinski definition) is 2. The lowest BCUT2D eigenvalue weighted by molar-refractivity contribution is 0.0691. The van der Waals surface area contributed by atoms with E-state index in [0.717, 1.165) is 5.69 Å². The first-order valence-electron chi connectivity index (χ1n) is 7.67. The smallest absolute Gasteiger partial charge is 0.355 e. The predicted molar refractivity (Wildman–Crippen MR) is 92.9 cm³/mol. The van der Waals surface area contributed by atoms with Crippen molar-refractivity contribution >= 4 is 34.2 Å². The quantitative estimate of drug-likeness (QED) is 0.724. The van der Waals surface area contributed by atoms with E-state index in [1.54, 1.807) is 16.9 Å². The summed E-state index contributed by atoms with van der Waals surface area (Å²) in [7, 11) is 0. The van der Waals surface area contributed by atoms with E-state index >= 15 is 0 Å². The third kappa shape index (κ3) is 3.36. The average molecular weight is 359 g/mol. The van der Waals surface area contributed by atoms with Crippen molar-refractivity contribution in [2.75, 3.05) is 0 Å². The Bertz CT molecular complexity index is 960. The van der Waals surface area contributed by atoms with E-state index in [2.05, 4.69) is 20.4 Å². The Morgan fingerprint density at radius 3 is 2.76 bits per heavy atom. The first-order chi connectivity index (χ1) is 11.9. The van der Waals surface area contributed by atoms with Crippen LogP contribution in [-0.4, -0.2) is 36.7 Å². The van der Waals surface area contributed by atoms with Crippen LogP contribution in [0.3, 0.4) is 0 Å². The van der Waals surface area contributed by atoms with Gasteiger partial charge in [0, 0.05) is 17.1 Å². The van der Waals surface area contributed by atoms with Gasteiger partial charge in [0.05, 0.1) is 23.7 Å². The maximum absolute atomic E-state index is 12.6. The van der Waals surface area contributed by atoms with Crippen LogP contribution >= 0.6 is 11.3 Å². The Morgan fingerprint density at radius 1 is 1.36 bits per heavy atom. The van der Waals surface area contributed by atoms with Crippen LogP contribution in [0.1, 0.15) is 51.4 Å². The third-order valence-electron chi connectivity index (χ3n) is 3.60. The highest BCUT2D eigenvalue weighted by Gasteiger charge is 2.17. The maximum atomic E-state index is 12.6. The largest absolute Gasteiger partial charge is 0.476 e. The number of carboxylic acid groups (broad SMARTS) is 1. The van der Waals surface area contributed by atoms with Gasteiger partial charge in [0.15, 0.2) is 11.3 Å². The molecule has 8 nitrogen and oxygen atoms in total. The number of aryl methyl sites for hydroxylation is 1. The number of carboxylic acids is 1. The lowest BCUT2D eigenvalue weighted by atomic mass is 10.1. The van der Waals surface area contributed by atoms with Gasteiger partial charge in [-0.15, -0.1) is 11.3 Å². The number of thiazole rings is 1. The molecule has 0 atom stereocenters. The van der Waals surface area contributed by atoms with Crippen molar-refractivity contribution in [1.29, 1.82) is 0 Å². The highest BCUT2D eigenvalue weighted by molar-refractivity contribution is 7.09. The average Bonchev–Trinajstić information content (AvgIpc) is 3.18. The fraction of sp³-hybridized carbons (Fsp3) is 0.312. The number of fused-ring (bicyclic) bond motifs is 1. The fourth-order valence-corrected chi connectivity index (χ4v) is 3.16. The molecule has 0 unspecified atom stereocenters. The van der Waals surface area contributed by atoms with E-state index in [1.165, 1.54) is 16.7 Å². The van der Waals surface area contributed by atoms with Crippen LogP contribution in [0.4, 0.5) is 0 Å². The second kappa shape index (κ2) is 6.60. The van der Waals surface area contributed by atoms with Crippen LogP contribution in [-0.2, 0) is 6.54 Å². The molecule has 3 heterocycles. The Hall–Kier alpha value is -2.81. The molecule has 3 aromatic heterocycles. The molecule has 0 aliphatic heterocycles. The van der Waals surface area contributed by atoms with Crippen molar-refractivity contribution in [3.05, 3.63) is 39.6 Å². The third-order valence-corrected chi connectivity index (χ3v) is 4.45. The summed E-state index contributed by atoms with van der Waals surface area (Å²) < 4.78 is 1.78. The molecule has 1 amide bonds. The molecule has 0 aliphatic carbocycles. The van der Waals surface area contributed by atoms with Crippen molar-refractivity contribution in [1.82, 2.24) is 25.1 Å².